The third kappa shape index (κ3) is 15.9. The van der Waals surface area contributed by atoms with Gasteiger partial charge in [0.05, 0.1) is 0 Å². The van der Waals surface area contributed by atoms with E-state index in [1.807, 2.05) is 52.0 Å². The number of aliphatic hydroxyl groups excluding tert-OH is 4. The number of phenols is 2. The summed E-state index contributed by atoms with van der Waals surface area (Å²) in [6.07, 6.45) is 0. The molecular weight excluding hydrogens is 708 g/mol. The normalized spacial score (nSPS) is 27.1. The topological polar surface area (TPSA) is 121 Å². The molecule has 8 heteroatoms. The maximum atomic E-state index is 9.96. The first kappa shape index (κ1) is 59.6. The third-order valence-electron chi connectivity index (χ3n) is 12.7. The predicted molar refractivity (Wildman–Crippen MR) is 212 cm³/mol. The van der Waals surface area contributed by atoms with Crippen LogP contribution in [-0.4, -0.2) is 59.1 Å². The zero-order valence-electron chi connectivity index (χ0n) is 36.3. The largest absolute Gasteiger partial charge is 0.507 e. The smallest absolute Gasteiger partial charge is 0.121 e. The number of benzene rings is 2. The van der Waals surface area contributed by atoms with Gasteiger partial charge in [-0.2, -0.15) is 0 Å². The maximum Gasteiger partial charge on any atom is 0.121 e. The Balaban J connectivity index is -0.000000200. The minimum absolute atomic E-state index is 0. The van der Waals surface area contributed by atoms with E-state index in [4.69, 9.17) is 20.4 Å². The van der Waals surface area contributed by atoms with E-state index in [1.54, 1.807) is 0 Å². The van der Waals surface area contributed by atoms with Crippen LogP contribution in [0.3, 0.4) is 0 Å². The first-order chi connectivity index (χ1) is 22.7. The van der Waals surface area contributed by atoms with Crippen molar-refractivity contribution in [3.05, 3.63) is 57.6 Å². The van der Waals surface area contributed by atoms with Crippen molar-refractivity contribution in [1.29, 1.82) is 0 Å². The molecule has 2 aromatic carbocycles. The minimum atomic E-state index is -0.188. The molecule has 2 fully saturated rings. The molecular formula is C43H80O6Ti2. The van der Waals surface area contributed by atoms with Gasteiger partial charge >= 0.3 is 0 Å². The Morgan fingerprint density at radius 1 is 0.353 bits per heavy atom. The summed E-state index contributed by atoms with van der Waals surface area (Å²) >= 11 is 0. The van der Waals surface area contributed by atoms with E-state index in [0.29, 0.717) is 11.5 Å². The van der Waals surface area contributed by atoms with E-state index in [0.717, 1.165) is 110 Å². The van der Waals surface area contributed by atoms with Crippen LogP contribution in [-0.2, 0) is 48.9 Å². The Bertz CT molecular complexity index is 962. The van der Waals surface area contributed by atoms with Gasteiger partial charge in [-0.1, -0.05) is 107 Å². The Labute approximate surface area is 345 Å². The van der Waals surface area contributed by atoms with Crippen LogP contribution in [0.4, 0.5) is 0 Å². The fourth-order valence-corrected chi connectivity index (χ4v) is 7.59. The molecule has 51 heavy (non-hydrogen) atoms. The summed E-state index contributed by atoms with van der Waals surface area (Å²) in [5.74, 6) is 10.1. The summed E-state index contributed by atoms with van der Waals surface area (Å²) < 4.78 is 0. The second-order valence-electron chi connectivity index (χ2n) is 15.1. The summed E-state index contributed by atoms with van der Waals surface area (Å²) in [5, 5.41) is 47.9. The molecule has 4 rings (SSSR count). The van der Waals surface area contributed by atoms with Gasteiger partial charge in [0.1, 0.15) is 11.5 Å². The molecule has 0 aliphatic heterocycles. The fourth-order valence-electron chi connectivity index (χ4n) is 7.59. The standard InChI is InChI=1S/C19H24O2.2C10H20.4CH4O.2Ti/c1-11-7-15(8-12(2)17(11)20)19(5,6)16-9-13(3)18(21)14(4)10-16;2*1-6-7(2)9(4)10(5)8(6)3;4*1-2;;/h7-10,20-21H,1-6H3;2*6-10H,1-5H3;4*2H,1H3;;. The number of aryl methyl sites for hydroxylation is 4. The van der Waals surface area contributed by atoms with Crippen molar-refractivity contribution < 1.29 is 74.1 Å². The molecule has 0 unspecified atom stereocenters. The van der Waals surface area contributed by atoms with Crippen LogP contribution in [0.2, 0.25) is 0 Å². The van der Waals surface area contributed by atoms with Crippen LogP contribution < -0.4 is 0 Å². The first-order valence-electron chi connectivity index (χ1n) is 18.2. The molecule has 2 aromatic rings. The summed E-state index contributed by atoms with van der Waals surface area (Å²) in [6.45, 7) is 36.0. The molecule has 2 saturated carbocycles. The van der Waals surface area contributed by atoms with Crippen LogP contribution >= 0.6 is 0 Å². The monoisotopic (exact) mass is 788 g/mol. The maximum absolute atomic E-state index is 9.96. The molecule has 0 heterocycles. The van der Waals surface area contributed by atoms with Gasteiger partial charge in [-0.15, -0.1) is 0 Å². The molecule has 0 atom stereocenters. The molecule has 0 amide bonds. The zero-order chi connectivity index (χ0) is 39.7. The number of aliphatic hydroxyl groups is 4. The van der Waals surface area contributed by atoms with Gasteiger partial charge in [-0.05, 0) is 120 Å². The van der Waals surface area contributed by atoms with E-state index >= 15 is 0 Å². The molecule has 6 N–H and O–H groups in total. The van der Waals surface area contributed by atoms with E-state index < -0.39 is 0 Å². The Morgan fingerprint density at radius 3 is 0.588 bits per heavy atom. The van der Waals surface area contributed by atoms with Gasteiger partial charge in [-0.25, -0.2) is 0 Å². The second-order valence-corrected chi connectivity index (χ2v) is 15.1. The van der Waals surface area contributed by atoms with Crippen LogP contribution in [0.15, 0.2) is 24.3 Å². The summed E-state index contributed by atoms with van der Waals surface area (Å²) in [7, 11) is 4.00. The average Bonchev–Trinajstić information content (AvgIpc) is 3.38. The van der Waals surface area contributed by atoms with Gasteiger partial charge in [0.2, 0.25) is 0 Å². The van der Waals surface area contributed by atoms with Crippen molar-refractivity contribution in [2.24, 2.45) is 59.2 Å². The van der Waals surface area contributed by atoms with Gasteiger partial charge in [-0.3, -0.25) is 0 Å². The molecule has 0 bridgehead atoms. The van der Waals surface area contributed by atoms with Crippen LogP contribution in [0.1, 0.15) is 116 Å². The van der Waals surface area contributed by atoms with Crippen molar-refractivity contribution in [1.82, 2.24) is 0 Å². The van der Waals surface area contributed by atoms with Crippen molar-refractivity contribution in [3.8, 4) is 11.5 Å². The van der Waals surface area contributed by atoms with Crippen molar-refractivity contribution >= 4 is 0 Å². The summed E-state index contributed by atoms with van der Waals surface area (Å²) in [4.78, 5) is 0. The number of rotatable bonds is 2. The fraction of sp³-hybridized carbons (Fsp3) is 0.721. The van der Waals surface area contributed by atoms with Crippen LogP contribution in [0, 0.1) is 86.9 Å². The molecule has 2 aliphatic rings. The van der Waals surface area contributed by atoms with Crippen LogP contribution in [0.25, 0.3) is 0 Å². The number of phenolic OH excluding ortho intramolecular Hbond substituents is 2. The van der Waals surface area contributed by atoms with E-state index in [9.17, 15) is 10.2 Å². The molecule has 0 aromatic heterocycles. The van der Waals surface area contributed by atoms with Crippen molar-refractivity contribution in [2.45, 2.75) is 116 Å². The third-order valence-corrected chi connectivity index (χ3v) is 12.7. The number of hydrogen-bond acceptors (Lipinski definition) is 6. The molecule has 0 radical (unpaired) electrons. The summed E-state index contributed by atoms with van der Waals surface area (Å²) in [5.41, 5.74) is 5.72. The van der Waals surface area contributed by atoms with E-state index in [1.165, 1.54) is 11.1 Å². The Morgan fingerprint density at radius 2 is 0.471 bits per heavy atom. The Hall–Kier alpha value is -0.691. The zero-order valence-corrected chi connectivity index (χ0v) is 39.4. The van der Waals surface area contributed by atoms with Crippen LogP contribution in [0.5, 0.6) is 11.5 Å². The minimum Gasteiger partial charge on any atom is -0.507 e. The van der Waals surface area contributed by atoms with Gasteiger partial charge in [0, 0.05) is 77.3 Å². The quantitative estimate of drug-likeness (QED) is 0.169. The molecule has 2 aliphatic carbocycles. The van der Waals surface area contributed by atoms with Crippen molar-refractivity contribution in [3.63, 3.8) is 0 Å². The predicted octanol–water partition coefficient (Wildman–Crippen LogP) is 9.45. The van der Waals surface area contributed by atoms with Gasteiger partial charge < -0.3 is 30.6 Å². The number of hydrogen-bond donors (Lipinski definition) is 6. The van der Waals surface area contributed by atoms with E-state index in [2.05, 4.69) is 83.1 Å². The molecule has 296 valence electrons. The molecule has 0 saturated heterocycles. The van der Waals surface area contributed by atoms with Gasteiger partial charge in [0.25, 0.3) is 0 Å². The first-order valence-corrected chi connectivity index (χ1v) is 18.2. The van der Waals surface area contributed by atoms with Crippen molar-refractivity contribution in [2.75, 3.05) is 28.4 Å². The van der Waals surface area contributed by atoms with Gasteiger partial charge in [0.15, 0.2) is 0 Å². The summed E-state index contributed by atoms with van der Waals surface area (Å²) in [6, 6.07) is 8.17. The average molecular weight is 789 g/mol. The number of aromatic hydroxyl groups is 2. The molecule has 0 spiro atoms. The Kier molecular flexibility index (Phi) is 33.5. The van der Waals surface area contributed by atoms with E-state index in [-0.39, 0.29) is 48.9 Å². The molecule has 6 nitrogen and oxygen atoms in total. The SMILES string of the molecule is CC1C(C)C(C)C(C)C1C.CC1C(C)C(C)C(C)C1C.CO.CO.CO.CO.Cc1cc(C(C)(C)c2cc(C)c(O)c(C)c2)cc(C)c1O.[Ti].[Ti]. The second kappa shape index (κ2) is 28.7.